The van der Waals surface area contributed by atoms with E-state index in [1.54, 1.807) is 0 Å². The molecule has 4 rings (SSSR count). The molecule has 2 aromatic carbocycles. The van der Waals surface area contributed by atoms with Crippen LogP contribution in [-0.2, 0) is 10.3 Å². The average Bonchev–Trinajstić information content (AvgIpc) is 3.13. The Bertz CT molecular complexity index is 570. The minimum absolute atomic E-state index is 0.247. The van der Waals surface area contributed by atoms with Crippen LogP contribution in [-0.4, -0.2) is 6.92 Å². The lowest BCUT2D eigenvalue weighted by molar-refractivity contribution is 0.0843. The van der Waals surface area contributed by atoms with Crippen LogP contribution in [0.1, 0.15) is 30.4 Å². The van der Waals surface area contributed by atoms with Crippen LogP contribution in [0.2, 0.25) is 12.6 Å². The molecule has 1 saturated carbocycles. The molecule has 1 aliphatic heterocycles. The van der Waals surface area contributed by atoms with E-state index in [4.69, 9.17) is 4.65 Å². The molecule has 1 nitrogen and oxygen atoms in total. The van der Waals surface area contributed by atoms with Gasteiger partial charge in [-0.05, 0) is 29.3 Å². The highest BCUT2D eigenvalue weighted by molar-refractivity contribution is 6.53. The van der Waals surface area contributed by atoms with E-state index in [1.165, 1.54) is 30.4 Å². The molecule has 2 fully saturated rings. The molecular formula is C19H21BO. The number of benzene rings is 2. The molecule has 0 amide bonds. The summed E-state index contributed by atoms with van der Waals surface area (Å²) in [4.78, 5) is 0. The summed E-state index contributed by atoms with van der Waals surface area (Å²) >= 11 is 0. The van der Waals surface area contributed by atoms with Gasteiger partial charge in [0.2, 0.25) is 0 Å². The molecule has 1 unspecified atom stereocenters. The van der Waals surface area contributed by atoms with Crippen molar-refractivity contribution in [2.24, 2.45) is 5.92 Å². The van der Waals surface area contributed by atoms with E-state index < -0.39 is 0 Å². The standard InChI is InChI=1S/C19H21BO/c1-20-18-14-8-13-17(18)19(21-20,15-9-4-2-5-10-15)16-11-6-3-7-12-16/h2-7,9-12,17-18H,8,13-14H2,1H3/t17-,18?/m1/s1. The van der Waals surface area contributed by atoms with Crippen LogP contribution in [0, 0.1) is 5.92 Å². The lowest BCUT2D eigenvalue weighted by Crippen LogP contribution is -2.34. The molecule has 2 aromatic rings. The van der Waals surface area contributed by atoms with E-state index >= 15 is 0 Å². The molecular weight excluding hydrogens is 255 g/mol. The zero-order chi connectivity index (χ0) is 14.3. The van der Waals surface area contributed by atoms with Gasteiger partial charge in [0.15, 0.2) is 0 Å². The lowest BCUT2D eigenvalue weighted by atomic mass is 9.56. The minimum Gasteiger partial charge on any atom is -0.423 e. The van der Waals surface area contributed by atoms with Crippen LogP contribution >= 0.6 is 0 Å². The van der Waals surface area contributed by atoms with Gasteiger partial charge in [-0.2, -0.15) is 0 Å². The molecule has 1 aliphatic carbocycles. The van der Waals surface area contributed by atoms with Crippen molar-refractivity contribution >= 4 is 6.92 Å². The second-order valence-corrected chi connectivity index (χ2v) is 6.49. The van der Waals surface area contributed by atoms with E-state index in [9.17, 15) is 0 Å². The summed E-state index contributed by atoms with van der Waals surface area (Å²) in [7, 11) is 0. The van der Waals surface area contributed by atoms with Gasteiger partial charge in [0, 0.05) is 0 Å². The highest BCUT2D eigenvalue weighted by atomic mass is 16.5. The normalized spacial score (nSPS) is 26.8. The quantitative estimate of drug-likeness (QED) is 0.719. The number of fused-ring (bicyclic) bond motifs is 1. The van der Waals surface area contributed by atoms with E-state index in [2.05, 4.69) is 67.5 Å². The third-order valence-corrected chi connectivity index (χ3v) is 5.47. The maximum atomic E-state index is 6.69. The highest BCUT2D eigenvalue weighted by Crippen LogP contribution is 2.59. The van der Waals surface area contributed by atoms with Crippen molar-refractivity contribution in [3.8, 4) is 0 Å². The van der Waals surface area contributed by atoms with E-state index in [0.717, 1.165) is 0 Å². The largest absolute Gasteiger partial charge is 0.423 e. The van der Waals surface area contributed by atoms with Gasteiger partial charge in [0.05, 0.1) is 0 Å². The molecule has 2 heteroatoms. The lowest BCUT2D eigenvalue weighted by Gasteiger charge is -2.37. The van der Waals surface area contributed by atoms with E-state index in [0.29, 0.717) is 18.7 Å². The van der Waals surface area contributed by atoms with Crippen molar-refractivity contribution in [1.82, 2.24) is 0 Å². The SMILES string of the molecule is CB1OC(c2ccccc2)(c2ccccc2)[C@@H]2CCCC12. The molecule has 0 aromatic heterocycles. The van der Waals surface area contributed by atoms with Gasteiger partial charge in [-0.15, -0.1) is 0 Å². The summed E-state index contributed by atoms with van der Waals surface area (Å²) in [6.45, 7) is 2.61. The first-order chi connectivity index (χ1) is 10.3. The van der Waals surface area contributed by atoms with Gasteiger partial charge < -0.3 is 4.65 Å². The van der Waals surface area contributed by atoms with Crippen LogP contribution in [0.5, 0.6) is 0 Å². The third-order valence-electron chi connectivity index (χ3n) is 5.47. The zero-order valence-electron chi connectivity index (χ0n) is 12.5. The van der Waals surface area contributed by atoms with Crippen molar-refractivity contribution in [1.29, 1.82) is 0 Å². The molecule has 0 bridgehead atoms. The third kappa shape index (κ3) is 1.89. The summed E-state index contributed by atoms with van der Waals surface area (Å²) in [6, 6.07) is 21.7. The highest BCUT2D eigenvalue weighted by Gasteiger charge is 2.57. The van der Waals surface area contributed by atoms with Gasteiger partial charge in [-0.1, -0.05) is 80.3 Å². The van der Waals surface area contributed by atoms with Gasteiger partial charge in [-0.25, -0.2) is 0 Å². The minimum atomic E-state index is -0.247. The molecule has 1 heterocycles. The Morgan fingerprint density at radius 1 is 0.905 bits per heavy atom. The smallest absolute Gasteiger partial charge is 0.295 e. The molecule has 0 spiro atoms. The van der Waals surface area contributed by atoms with E-state index in [-0.39, 0.29) is 5.60 Å². The average molecular weight is 276 g/mol. The topological polar surface area (TPSA) is 9.23 Å². The van der Waals surface area contributed by atoms with Crippen molar-refractivity contribution in [2.75, 3.05) is 0 Å². The van der Waals surface area contributed by atoms with Crippen LogP contribution in [0.4, 0.5) is 0 Å². The Labute approximate surface area is 127 Å². The Kier molecular flexibility index (Phi) is 3.15. The summed E-state index contributed by atoms with van der Waals surface area (Å²) in [6.07, 6.45) is 3.93. The monoisotopic (exact) mass is 276 g/mol. The Hall–Kier alpha value is -1.54. The number of hydrogen-bond acceptors (Lipinski definition) is 1. The Balaban J connectivity index is 1.92. The van der Waals surface area contributed by atoms with Crippen molar-refractivity contribution < 1.29 is 4.65 Å². The zero-order valence-corrected chi connectivity index (χ0v) is 12.5. The second kappa shape index (κ2) is 5.03. The van der Waals surface area contributed by atoms with Crippen molar-refractivity contribution in [3.05, 3.63) is 71.8 Å². The van der Waals surface area contributed by atoms with Crippen molar-refractivity contribution in [2.45, 2.75) is 37.5 Å². The summed E-state index contributed by atoms with van der Waals surface area (Å²) in [5.41, 5.74) is 2.39. The molecule has 1 saturated heterocycles. The molecule has 0 N–H and O–H groups in total. The molecule has 2 aliphatic rings. The fourth-order valence-electron chi connectivity index (χ4n) is 4.63. The fraction of sp³-hybridized carbons (Fsp3) is 0.368. The van der Waals surface area contributed by atoms with Gasteiger partial charge in [0.1, 0.15) is 5.60 Å². The summed E-state index contributed by atoms with van der Waals surface area (Å²) in [5, 5.41) is 0. The molecule has 106 valence electrons. The fourth-order valence-corrected chi connectivity index (χ4v) is 4.63. The van der Waals surface area contributed by atoms with Crippen LogP contribution in [0.15, 0.2) is 60.7 Å². The number of hydrogen-bond donors (Lipinski definition) is 0. The first-order valence-electron chi connectivity index (χ1n) is 8.11. The number of rotatable bonds is 2. The molecule has 2 atom stereocenters. The maximum absolute atomic E-state index is 6.69. The van der Waals surface area contributed by atoms with Crippen molar-refractivity contribution in [3.63, 3.8) is 0 Å². The Morgan fingerprint density at radius 3 is 2.05 bits per heavy atom. The first-order valence-corrected chi connectivity index (χ1v) is 8.11. The van der Waals surface area contributed by atoms with Crippen LogP contribution < -0.4 is 0 Å². The van der Waals surface area contributed by atoms with Gasteiger partial charge in [-0.3, -0.25) is 0 Å². The maximum Gasteiger partial charge on any atom is 0.295 e. The summed E-state index contributed by atoms with van der Waals surface area (Å²) in [5.74, 6) is 1.31. The first kappa shape index (κ1) is 13.2. The van der Waals surface area contributed by atoms with E-state index in [1.807, 2.05) is 0 Å². The van der Waals surface area contributed by atoms with Crippen LogP contribution in [0.3, 0.4) is 0 Å². The van der Waals surface area contributed by atoms with Gasteiger partial charge >= 0.3 is 0 Å². The predicted octanol–water partition coefficient (Wildman–Crippen LogP) is 4.75. The summed E-state index contributed by atoms with van der Waals surface area (Å²) < 4.78 is 6.69. The Morgan fingerprint density at radius 2 is 1.48 bits per heavy atom. The van der Waals surface area contributed by atoms with Gasteiger partial charge in [0.25, 0.3) is 6.92 Å². The molecule has 0 radical (unpaired) electrons. The second-order valence-electron chi connectivity index (χ2n) is 6.49. The predicted molar refractivity (Wildman–Crippen MR) is 87.5 cm³/mol. The molecule has 21 heavy (non-hydrogen) atoms. The van der Waals surface area contributed by atoms with Crippen LogP contribution in [0.25, 0.3) is 0 Å².